The fourth-order valence-corrected chi connectivity index (χ4v) is 3.10. The van der Waals surface area contributed by atoms with E-state index in [1.807, 2.05) is 0 Å². The number of nitrogens with one attached hydrogen (secondary N) is 1. The lowest BCUT2D eigenvalue weighted by molar-refractivity contribution is -0.138. The summed E-state index contributed by atoms with van der Waals surface area (Å²) in [5.74, 6) is -0.348. The van der Waals surface area contributed by atoms with Crippen molar-refractivity contribution in [3.8, 4) is 0 Å². The van der Waals surface area contributed by atoms with Gasteiger partial charge in [-0.1, -0.05) is 24.6 Å². The van der Waals surface area contributed by atoms with Gasteiger partial charge in [0.1, 0.15) is 0 Å². The second-order valence-electron chi connectivity index (χ2n) is 5.82. The first-order valence-corrected chi connectivity index (χ1v) is 7.63. The Balaban J connectivity index is 2.18. The van der Waals surface area contributed by atoms with Gasteiger partial charge in [0.25, 0.3) is 0 Å². The number of benzene rings is 1. The molecule has 2 N–H and O–H groups in total. The number of carbonyl (C=O) groups is 1. The minimum atomic E-state index is -4.40. The Kier molecular flexibility index (Phi) is 5.51. The Labute approximate surface area is 133 Å². The zero-order valence-electron chi connectivity index (χ0n) is 12.9. The molecule has 1 saturated carbocycles. The molecule has 1 aliphatic carbocycles. The van der Waals surface area contributed by atoms with Gasteiger partial charge in [0, 0.05) is 25.6 Å². The summed E-state index contributed by atoms with van der Waals surface area (Å²) in [6.07, 6.45) is -2.37. The van der Waals surface area contributed by atoms with Gasteiger partial charge in [-0.15, -0.1) is 0 Å². The van der Waals surface area contributed by atoms with Gasteiger partial charge in [0.05, 0.1) is 12.2 Å². The van der Waals surface area contributed by atoms with Crippen LogP contribution in [0, 0.1) is 0 Å². The molecule has 0 saturated heterocycles. The average molecular weight is 330 g/mol. The van der Waals surface area contributed by atoms with Gasteiger partial charge in [-0.25, -0.2) is 4.79 Å². The van der Waals surface area contributed by atoms with Crippen LogP contribution >= 0.6 is 0 Å². The quantitative estimate of drug-likeness (QED) is 0.892. The van der Waals surface area contributed by atoms with Crippen molar-refractivity contribution in [2.24, 2.45) is 0 Å². The van der Waals surface area contributed by atoms with E-state index in [4.69, 9.17) is 5.11 Å². The molecule has 0 aromatic heterocycles. The molecule has 23 heavy (non-hydrogen) atoms. The Morgan fingerprint density at radius 3 is 2.70 bits per heavy atom. The van der Waals surface area contributed by atoms with E-state index in [2.05, 4.69) is 5.32 Å². The van der Waals surface area contributed by atoms with Crippen LogP contribution in [0.3, 0.4) is 0 Å². The maximum absolute atomic E-state index is 13.2. The zero-order valence-corrected chi connectivity index (χ0v) is 12.9. The van der Waals surface area contributed by atoms with Crippen molar-refractivity contribution in [3.63, 3.8) is 0 Å². The van der Waals surface area contributed by atoms with Crippen molar-refractivity contribution < 1.29 is 23.1 Å². The van der Waals surface area contributed by atoms with E-state index in [0.29, 0.717) is 12.8 Å². The van der Waals surface area contributed by atoms with Crippen LogP contribution in [0.25, 0.3) is 0 Å². The second-order valence-corrected chi connectivity index (χ2v) is 5.82. The van der Waals surface area contributed by atoms with Crippen LogP contribution in [0.15, 0.2) is 24.3 Å². The molecule has 2 unspecified atom stereocenters. The number of likely N-dealkylation sites (N-methyl/N-ethyl adjacent to an activating group) is 1. The molecule has 4 nitrogen and oxygen atoms in total. The molecule has 0 spiro atoms. The summed E-state index contributed by atoms with van der Waals surface area (Å²) in [6, 6.07) is 4.86. The summed E-state index contributed by atoms with van der Waals surface area (Å²) < 4.78 is 39.6. The number of alkyl halides is 3. The van der Waals surface area contributed by atoms with Gasteiger partial charge in [0.15, 0.2) is 0 Å². The third-order valence-corrected chi connectivity index (χ3v) is 4.27. The summed E-state index contributed by atoms with van der Waals surface area (Å²) in [6.45, 7) is 0.0251. The second kappa shape index (κ2) is 7.21. The first-order chi connectivity index (χ1) is 10.8. The number of nitrogens with zero attached hydrogens (tertiary/aromatic N) is 1. The Bertz CT molecular complexity index is 548. The number of amides is 2. The topological polar surface area (TPSA) is 52.6 Å². The summed E-state index contributed by atoms with van der Waals surface area (Å²) in [7, 11) is 1.54. The summed E-state index contributed by atoms with van der Waals surface area (Å²) in [4.78, 5) is 13.4. The molecule has 7 heteroatoms. The maximum Gasteiger partial charge on any atom is 0.416 e. The van der Waals surface area contributed by atoms with Gasteiger partial charge in [-0.3, -0.25) is 0 Å². The first kappa shape index (κ1) is 17.6. The molecule has 1 aliphatic rings. The largest absolute Gasteiger partial charge is 0.416 e. The molecule has 2 amide bonds. The zero-order chi connectivity index (χ0) is 17.0. The SMILES string of the molecule is CN(CCO)C(=O)NC1CCCC1c1ccccc1C(F)(F)F. The third kappa shape index (κ3) is 4.16. The van der Waals surface area contributed by atoms with Gasteiger partial charge in [0.2, 0.25) is 0 Å². The third-order valence-electron chi connectivity index (χ3n) is 4.27. The molecule has 1 fully saturated rings. The molecular weight excluding hydrogens is 309 g/mol. The van der Waals surface area contributed by atoms with Crippen LogP contribution in [0.2, 0.25) is 0 Å². The van der Waals surface area contributed by atoms with Crippen LogP contribution in [0.5, 0.6) is 0 Å². The van der Waals surface area contributed by atoms with E-state index in [1.165, 1.54) is 17.0 Å². The lowest BCUT2D eigenvalue weighted by Crippen LogP contribution is -2.45. The number of carbonyl (C=O) groups excluding carboxylic acids is 1. The number of hydrogen-bond acceptors (Lipinski definition) is 2. The number of urea groups is 1. The maximum atomic E-state index is 13.2. The predicted molar refractivity (Wildman–Crippen MR) is 80.1 cm³/mol. The highest BCUT2D eigenvalue weighted by Gasteiger charge is 2.38. The van der Waals surface area contributed by atoms with Crippen molar-refractivity contribution in [1.82, 2.24) is 10.2 Å². The Morgan fingerprint density at radius 1 is 1.35 bits per heavy atom. The molecule has 0 aliphatic heterocycles. The molecule has 128 valence electrons. The fraction of sp³-hybridized carbons (Fsp3) is 0.562. The van der Waals surface area contributed by atoms with Gasteiger partial charge in [-0.05, 0) is 24.5 Å². The first-order valence-electron chi connectivity index (χ1n) is 7.63. The molecule has 0 heterocycles. The van der Waals surface area contributed by atoms with Crippen molar-refractivity contribution in [3.05, 3.63) is 35.4 Å². The fourth-order valence-electron chi connectivity index (χ4n) is 3.10. The number of hydrogen-bond donors (Lipinski definition) is 2. The molecule has 0 radical (unpaired) electrons. The van der Waals surface area contributed by atoms with Crippen LogP contribution in [-0.2, 0) is 6.18 Å². The normalized spacial score (nSPS) is 21.3. The highest BCUT2D eigenvalue weighted by Crippen LogP contribution is 2.41. The summed E-state index contributed by atoms with van der Waals surface area (Å²) >= 11 is 0. The van der Waals surface area contributed by atoms with Crippen LogP contribution in [0.1, 0.15) is 36.3 Å². The van der Waals surface area contributed by atoms with E-state index < -0.39 is 11.7 Å². The lowest BCUT2D eigenvalue weighted by atomic mass is 9.90. The minimum absolute atomic E-state index is 0.158. The van der Waals surface area contributed by atoms with Gasteiger partial charge >= 0.3 is 12.2 Å². The number of rotatable bonds is 4. The van der Waals surface area contributed by atoms with E-state index in [0.717, 1.165) is 12.5 Å². The van der Waals surface area contributed by atoms with Crippen molar-refractivity contribution >= 4 is 6.03 Å². The van der Waals surface area contributed by atoms with Crippen molar-refractivity contribution in [2.45, 2.75) is 37.4 Å². The number of halogens is 3. The lowest BCUT2D eigenvalue weighted by Gasteiger charge is -2.26. The van der Waals surface area contributed by atoms with Gasteiger partial charge < -0.3 is 15.3 Å². The van der Waals surface area contributed by atoms with E-state index in [-0.39, 0.29) is 36.7 Å². The van der Waals surface area contributed by atoms with E-state index in [9.17, 15) is 18.0 Å². The Hall–Kier alpha value is -1.76. The average Bonchev–Trinajstić information content (AvgIpc) is 2.94. The summed E-state index contributed by atoms with van der Waals surface area (Å²) in [5, 5.41) is 11.7. The highest BCUT2D eigenvalue weighted by atomic mass is 19.4. The molecule has 2 rings (SSSR count). The number of aliphatic hydroxyl groups is 1. The Morgan fingerprint density at radius 2 is 2.04 bits per heavy atom. The molecule has 1 aromatic rings. The minimum Gasteiger partial charge on any atom is -0.395 e. The van der Waals surface area contributed by atoms with Crippen LogP contribution < -0.4 is 5.32 Å². The molecular formula is C16H21F3N2O2. The van der Waals surface area contributed by atoms with E-state index in [1.54, 1.807) is 13.1 Å². The summed E-state index contributed by atoms with van der Waals surface area (Å²) in [5.41, 5.74) is -0.387. The monoisotopic (exact) mass is 330 g/mol. The molecule has 1 aromatic carbocycles. The predicted octanol–water partition coefficient (Wildman–Crippen LogP) is 2.98. The highest BCUT2D eigenvalue weighted by molar-refractivity contribution is 5.74. The smallest absolute Gasteiger partial charge is 0.395 e. The number of aliphatic hydroxyl groups excluding tert-OH is 1. The van der Waals surface area contributed by atoms with Crippen LogP contribution in [-0.4, -0.2) is 42.3 Å². The van der Waals surface area contributed by atoms with Crippen molar-refractivity contribution in [2.75, 3.05) is 20.2 Å². The van der Waals surface area contributed by atoms with Crippen LogP contribution in [0.4, 0.5) is 18.0 Å². The van der Waals surface area contributed by atoms with E-state index >= 15 is 0 Å². The standard InChI is InChI=1S/C16H21F3N2O2/c1-21(9-10-22)15(23)20-14-8-4-6-12(14)11-5-2-3-7-13(11)16(17,18)19/h2-3,5,7,12,14,22H,4,6,8-10H2,1H3,(H,20,23). The molecule has 0 bridgehead atoms. The van der Waals surface area contributed by atoms with Gasteiger partial charge in [-0.2, -0.15) is 13.2 Å². The van der Waals surface area contributed by atoms with Crippen molar-refractivity contribution in [1.29, 1.82) is 0 Å². The molecule has 2 atom stereocenters.